The van der Waals surface area contributed by atoms with Gasteiger partial charge < -0.3 is 14.8 Å². The molecule has 1 N–H and O–H groups in total. The Bertz CT molecular complexity index is 275. The molecule has 0 aliphatic carbocycles. The van der Waals surface area contributed by atoms with Crippen molar-refractivity contribution in [1.29, 1.82) is 0 Å². The molecule has 5 nitrogen and oxygen atoms in total. The van der Waals surface area contributed by atoms with E-state index in [1.165, 1.54) is 0 Å². The summed E-state index contributed by atoms with van der Waals surface area (Å²) in [6, 6.07) is 0. The molecule has 0 saturated heterocycles. The molecule has 1 unspecified atom stereocenters. The summed E-state index contributed by atoms with van der Waals surface area (Å²) in [4.78, 5) is 28.7. The largest absolute Gasteiger partial charge is 1.00 e. The maximum atomic E-state index is 10.7. The first kappa shape index (κ1) is 15.6. The van der Waals surface area contributed by atoms with Crippen LogP contribution in [-0.2, 0) is 14.2 Å². The Morgan fingerprint density at radius 3 is 2.31 bits per heavy atom. The number of aliphatic carboxylic acids is 1. The fourth-order valence-corrected chi connectivity index (χ4v) is 1.15. The van der Waals surface area contributed by atoms with Crippen LogP contribution in [0.5, 0.6) is 0 Å². The van der Waals surface area contributed by atoms with Gasteiger partial charge in [-0.15, -0.1) is 0 Å². The summed E-state index contributed by atoms with van der Waals surface area (Å²) in [6.07, 6.45) is -0.526. The van der Waals surface area contributed by atoms with Crippen LogP contribution in [-0.4, -0.2) is 29.6 Å². The molecule has 0 heterocycles. The molecule has 0 aromatic carbocycles. The van der Waals surface area contributed by atoms with Gasteiger partial charge in [0.2, 0.25) is 0 Å². The van der Waals surface area contributed by atoms with Crippen LogP contribution in [0.15, 0.2) is 5.57 Å². The minimum atomic E-state index is -3.26. The summed E-state index contributed by atoms with van der Waals surface area (Å²) in [6.45, 7) is 1.09. The normalized spacial score (nSPS) is 13.4. The SMILES string of the molecule is CP(=O)(O)CCC(=C=O)C(=O)[O-].[Na+]. The number of carboxylic acids is 1. The Morgan fingerprint density at radius 1 is 1.62 bits per heavy atom. The van der Waals surface area contributed by atoms with E-state index >= 15 is 0 Å². The molecule has 7 heteroatoms. The van der Waals surface area contributed by atoms with Gasteiger partial charge in [-0.1, -0.05) is 0 Å². The Kier molecular flexibility index (Phi) is 7.84. The van der Waals surface area contributed by atoms with Gasteiger partial charge in [0, 0.05) is 12.8 Å². The molecule has 0 amide bonds. The third-order valence-electron chi connectivity index (χ3n) is 1.15. The van der Waals surface area contributed by atoms with Crippen molar-refractivity contribution in [1.82, 2.24) is 0 Å². The van der Waals surface area contributed by atoms with E-state index in [1.54, 1.807) is 0 Å². The first-order valence-corrected chi connectivity index (χ1v) is 5.40. The third kappa shape index (κ3) is 8.44. The van der Waals surface area contributed by atoms with Gasteiger partial charge in [-0.25, -0.2) is 4.79 Å². The fraction of sp³-hybridized carbons (Fsp3) is 0.500. The maximum absolute atomic E-state index is 10.7. The Morgan fingerprint density at radius 2 is 2.08 bits per heavy atom. The molecule has 0 saturated carbocycles. The second kappa shape index (κ2) is 6.55. The molecule has 13 heavy (non-hydrogen) atoms. The fourth-order valence-electron chi connectivity index (χ4n) is 0.514. The molecule has 1 atom stereocenters. The Hall–Kier alpha value is 0.110. The predicted molar refractivity (Wildman–Crippen MR) is 39.4 cm³/mol. The predicted octanol–water partition coefficient (Wildman–Crippen LogP) is -4.21. The molecule has 0 fully saturated rings. The molecule has 0 rings (SSSR count). The topological polar surface area (TPSA) is 94.5 Å². The van der Waals surface area contributed by atoms with Crippen molar-refractivity contribution >= 4 is 19.3 Å². The zero-order valence-electron chi connectivity index (χ0n) is 7.44. The van der Waals surface area contributed by atoms with Crippen molar-refractivity contribution < 1.29 is 53.7 Å². The van der Waals surface area contributed by atoms with Gasteiger partial charge in [-0.2, -0.15) is 0 Å². The van der Waals surface area contributed by atoms with Crippen LogP contribution in [0.25, 0.3) is 0 Å². The van der Waals surface area contributed by atoms with Crippen LogP contribution in [0.1, 0.15) is 6.42 Å². The van der Waals surface area contributed by atoms with Gasteiger partial charge in [-0.3, -0.25) is 4.57 Å². The third-order valence-corrected chi connectivity index (χ3v) is 2.20. The standard InChI is InChI=1S/C6H9O5P.Na/c1-12(10,11)3-2-5(4-7)6(8)9;/h2-3H2,1H3,(H,8,9)(H,10,11);/q;+1/p-1. The summed E-state index contributed by atoms with van der Waals surface area (Å²) < 4.78 is 10.7. The summed E-state index contributed by atoms with van der Waals surface area (Å²) in [5, 5.41) is 10.1. The molecule has 68 valence electrons. The second-order valence-electron chi connectivity index (χ2n) is 2.39. The van der Waals surface area contributed by atoms with Crippen molar-refractivity contribution in [3.63, 3.8) is 0 Å². The van der Waals surface area contributed by atoms with Crippen LogP contribution in [0.4, 0.5) is 0 Å². The molecular formula is C6H8NaO5P. The average Bonchev–Trinajstić information content (AvgIpc) is 1.85. The molecule has 0 spiro atoms. The average molecular weight is 214 g/mol. The number of carbonyl (C=O) groups is 1. The van der Waals surface area contributed by atoms with Crippen LogP contribution < -0.4 is 34.7 Å². The van der Waals surface area contributed by atoms with Crippen LogP contribution >= 0.6 is 7.37 Å². The van der Waals surface area contributed by atoms with Crippen LogP contribution in [0.3, 0.4) is 0 Å². The van der Waals surface area contributed by atoms with Crippen molar-refractivity contribution in [2.24, 2.45) is 0 Å². The summed E-state index contributed by atoms with van der Waals surface area (Å²) >= 11 is 0. The number of carbonyl (C=O) groups excluding carboxylic acids is 2. The molecule has 0 bridgehead atoms. The van der Waals surface area contributed by atoms with Crippen molar-refractivity contribution in [2.75, 3.05) is 12.8 Å². The Balaban J connectivity index is 0. The monoisotopic (exact) mass is 214 g/mol. The van der Waals surface area contributed by atoms with E-state index in [-0.39, 0.29) is 42.1 Å². The van der Waals surface area contributed by atoms with E-state index < -0.39 is 18.9 Å². The van der Waals surface area contributed by atoms with Gasteiger partial charge in [0.05, 0.1) is 11.5 Å². The van der Waals surface area contributed by atoms with E-state index in [0.717, 1.165) is 12.6 Å². The van der Waals surface area contributed by atoms with E-state index in [0.29, 0.717) is 0 Å². The second-order valence-corrected chi connectivity index (χ2v) is 4.94. The van der Waals surface area contributed by atoms with Gasteiger partial charge in [0.1, 0.15) is 5.94 Å². The summed E-state index contributed by atoms with van der Waals surface area (Å²) in [5.41, 5.74) is -0.605. The summed E-state index contributed by atoms with van der Waals surface area (Å²) in [7, 11) is -3.26. The zero-order valence-corrected chi connectivity index (χ0v) is 10.3. The van der Waals surface area contributed by atoms with Gasteiger partial charge in [-0.05, 0) is 6.42 Å². The minimum Gasteiger partial charge on any atom is -0.544 e. The van der Waals surface area contributed by atoms with E-state index in [9.17, 15) is 19.3 Å². The van der Waals surface area contributed by atoms with Crippen LogP contribution in [0, 0.1) is 0 Å². The number of carboxylic acid groups (broad SMARTS) is 1. The van der Waals surface area contributed by atoms with Gasteiger partial charge in [0.15, 0.2) is 7.37 Å². The van der Waals surface area contributed by atoms with Crippen LogP contribution in [0.2, 0.25) is 0 Å². The summed E-state index contributed by atoms with van der Waals surface area (Å²) in [5.74, 6) is -0.494. The van der Waals surface area contributed by atoms with Gasteiger partial charge >= 0.3 is 29.6 Å². The van der Waals surface area contributed by atoms with Crippen molar-refractivity contribution in [2.45, 2.75) is 6.42 Å². The number of hydrogen-bond donors (Lipinski definition) is 1. The number of rotatable bonds is 4. The maximum Gasteiger partial charge on any atom is 1.00 e. The van der Waals surface area contributed by atoms with Crippen molar-refractivity contribution in [3.8, 4) is 0 Å². The first-order chi connectivity index (χ1) is 5.37. The number of hydrogen-bond acceptors (Lipinski definition) is 4. The molecular weight excluding hydrogens is 206 g/mol. The first-order valence-electron chi connectivity index (χ1n) is 3.11. The molecule has 0 radical (unpaired) electrons. The smallest absolute Gasteiger partial charge is 0.544 e. The minimum absolute atomic E-state index is 0. The van der Waals surface area contributed by atoms with Crippen molar-refractivity contribution in [3.05, 3.63) is 5.57 Å². The Labute approximate surface area is 97.6 Å². The van der Waals surface area contributed by atoms with E-state index in [4.69, 9.17) is 4.89 Å². The molecule has 0 aliphatic heterocycles. The molecule has 0 aromatic rings. The van der Waals surface area contributed by atoms with E-state index in [2.05, 4.69) is 0 Å². The van der Waals surface area contributed by atoms with E-state index in [1.807, 2.05) is 0 Å². The molecule has 0 aromatic heterocycles. The zero-order chi connectivity index (χ0) is 9.78. The quantitative estimate of drug-likeness (QED) is 0.221. The van der Waals surface area contributed by atoms with Gasteiger partial charge in [0.25, 0.3) is 0 Å². The molecule has 0 aliphatic rings.